The second kappa shape index (κ2) is 11.3. The summed E-state index contributed by atoms with van der Waals surface area (Å²) >= 11 is 1.24. The Morgan fingerprint density at radius 1 is 1.26 bits per heavy atom. The molecule has 8 nitrogen and oxygen atoms in total. The van der Waals surface area contributed by atoms with Crippen molar-refractivity contribution in [3.8, 4) is 5.75 Å². The number of carbonyl (C=O) groups excluding carboxylic acids is 2. The number of aliphatic imine (C=N–C) groups is 1. The van der Waals surface area contributed by atoms with E-state index in [9.17, 15) is 14.0 Å². The maximum atomic E-state index is 14.0. The Balaban J connectivity index is 1.43. The Labute approximate surface area is 204 Å². The lowest BCUT2D eigenvalue weighted by molar-refractivity contribution is -0.113. The van der Waals surface area contributed by atoms with E-state index in [2.05, 4.69) is 29.2 Å². The highest BCUT2D eigenvalue weighted by Crippen LogP contribution is 2.33. The Bertz CT molecular complexity index is 967. The molecule has 4 rings (SSSR count). The molecule has 0 aliphatic carbocycles. The van der Waals surface area contributed by atoms with E-state index in [-0.39, 0.29) is 11.7 Å². The highest BCUT2D eigenvalue weighted by atomic mass is 32.2. The van der Waals surface area contributed by atoms with Crippen LogP contribution in [0.4, 0.5) is 9.18 Å². The predicted octanol–water partition coefficient (Wildman–Crippen LogP) is 3.70. The van der Waals surface area contributed by atoms with Gasteiger partial charge in [0.15, 0.2) is 5.17 Å². The van der Waals surface area contributed by atoms with Crippen LogP contribution in [0.5, 0.6) is 5.75 Å². The number of hydrazine groups is 1. The first-order chi connectivity index (χ1) is 16.5. The zero-order valence-electron chi connectivity index (χ0n) is 19.8. The summed E-state index contributed by atoms with van der Waals surface area (Å²) in [7, 11) is 0. The summed E-state index contributed by atoms with van der Waals surface area (Å²) in [5.74, 6) is -0.629. The molecular weight excluding hydrogens is 457 g/mol. The van der Waals surface area contributed by atoms with Crippen molar-refractivity contribution in [2.45, 2.75) is 45.6 Å². The molecule has 3 heterocycles. The van der Waals surface area contributed by atoms with Crippen molar-refractivity contribution in [1.29, 1.82) is 0 Å². The van der Waals surface area contributed by atoms with Crippen molar-refractivity contribution in [3.05, 3.63) is 34.5 Å². The first-order valence-corrected chi connectivity index (χ1v) is 12.8. The number of halogens is 1. The summed E-state index contributed by atoms with van der Waals surface area (Å²) in [6, 6.07) is 4.42. The quantitative estimate of drug-likeness (QED) is 0.632. The average Bonchev–Trinajstić information content (AvgIpc) is 3.22. The van der Waals surface area contributed by atoms with Gasteiger partial charge in [-0.1, -0.05) is 13.8 Å². The van der Waals surface area contributed by atoms with Gasteiger partial charge in [-0.25, -0.2) is 14.6 Å². The standard InChI is InChI=1S/C24H32FN5O3S/c1-3-28(4-2)19-9-13-29(14-10-19)24(32)33-20-8-7-18(25)15-17(20)16-21-22(31)27-23(34-21)30-12-6-5-11-26-30/h7-8,15-16,19,26H,3-6,9-14H2,1-2H3. The fraction of sp³-hybridized carbons (Fsp3) is 0.542. The summed E-state index contributed by atoms with van der Waals surface area (Å²) < 4.78 is 19.7. The van der Waals surface area contributed by atoms with Crippen molar-refractivity contribution >= 4 is 35.0 Å². The number of thioether (sulfide) groups is 1. The molecule has 1 aromatic rings. The topological polar surface area (TPSA) is 77.5 Å². The van der Waals surface area contributed by atoms with Gasteiger partial charge in [0.25, 0.3) is 5.91 Å². The molecule has 0 atom stereocenters. The Hall–Kier alpha value is -2.43. The van der Waals surface area contributed by atoms with Gasteiger partial charge < -0.3 is 14.5 Å². The van der Waals surface area contributed by atoms with E-state index in [0.717, 1.165) is 51.9 Å². The highest BCUT2D eigenvalue weighted by Gasteiger charge is 2.29. The minimum absolute atomic E-state index is 0.225. The number of nitrogens with one attached hydrogen (secondary N) is 1. The molecule has 184 valence electrons. The van der Waals surface area contributed by atoms with Gasteiger partial charge in [0.1, 0.15) is 11.6 Å². The van der Waals surface area contributed by atoms with Crippen LogP contribution in [0, 0.1) is 5.82 Å². The molecule has 3 aliphatic heterocycles. The first-order valence-electron chi connectivity index (χ1n) is 12.0. The first kappa shape index (κ1) is 24.7. The second-order valence-electron chi connectivity index (χ2n) is 8.57. The Kier molecular flexibility index (Phi) is 8.23. The molecule has 0 radical (unpaired) electrons. The van der Waals surface area contributed by atoms with Crippen LogP contribution >= 0.6 is 11.8 Å². The molecule has 0 aromatic heterocycles. The number of hydrogen-bond donors (Lipinski definition) is 1. The van der Waals surface area contributed by atoms with E-state index in [1.807, 2.05) is 5.01 Å². The average molecular weight is 490 g/mol. The van der Waals surface area contributed by atoms with Crippen LogP contribution in [0.25, 0.3) is 6.08 Å². The maximum absolute atomic E-state index is 14.0. The predicted molar refractivity (Wildman–Crippen MR) is 132 cm³/mol. The monoisotopic (exact) mass is 489 g/mol. The molecule has 0 unspecified atom stereocenters. The number of amidine groups is 1. The largest absolute Gasteiger partial charge is 0.415 e. The molecule has 2 fully saturated rings. The Morgan fingerprint density at radius 2 is 2.03 bits per heavy atom. The van der Waals surface area contributed by atoms with Gasteiger partial charge in [0.2, 0.25) is 0 Å². The summed E-state index contributed by atoms with van der Waals surface area (Å²) in [6.07, 6.45) is 4.99. The van der Waals surface area contributed by atoms with Gasteiger partial charge in [-0.05, 0) is 74.8 Å². The molecule has 0 bridgehead atoms. The lowest BCUT2D eigenvalue weighted by Crippen LogP contribution is -2.47. The SMILES string of the molecule is CCN(CC)C1CCN(C(=O)Oc2ccc(F)cc2C=C2SC(N3CCCCN3)=NC2=O)CC1. The maximum Gasteiger partial charge on any atom is 0.415 e. The zero-order valence-corrected chi connectivity index (χ0v) is 20.6. The Morgan fingerprint density at radius 3 is 2.71 bits per heavy atom. The van der Waals surface area contributed by atoms with E-state index in [4.69, 9.17) is 4.74 Å². The van der Waals surface area contributed by atoms with Crippen LogP contribution in [0.1, 0.15) is 45.1 Å². The van der Waals surface area contributed by atoms with Gasteiger partial charge in [0.05, 0.1) is 4.91 Å². The number of nitrogens with zero attached hydrogens (tertiary/aromatic N) is 4. The molecule has 1 N–H and O–H groups in total. The molecule has 2 saturated heterocycles. The van der Waals surface area contributed by atoms with Crippen LogP contribution in [0.3, 0.4) is 0 Å². The smallest absolute Gasteiger partial charge is 0.410 e. The van der Waals surface area contributed by atoms with Crippen molar-refractivity contribution < 1.29 is 18.7 Å². The van der Waals surface area contributed by atoms with E-state index in [1.165, 1.54) is 30.0 Å². The third kappa shape index (κ3) is 5.79. The number of ether oxygens (including phenoxy) is 1. The summed E-state index contributed by atoms with van der Waals surface area (Å²) in [4.78, 5) is 33.9. The molecule has 10 heteroatoms. The van der Waals surface area contributed by atoms with Crippen LogP contribution in [-0.2, 0) is 4.79 Å². The number of hydrogen-bond acceptors (Lipinski definition) is 7. The zero-order chi connectivity index (χ0) is 24.1. The molecule has 3 aliphatic rings. The van der Waals surface area contributed by atoms with Crippen LogP contribution < -0.4 is 10.2 Å². The molecule has 1 aromatic carbocycles. The molecular formula is C24H32FN5O3S. The minimum atomic E-state index is -0.471. The van der Waals surface area contributed by atoms with Crippen molar-refractivity contribution in [1.82, 2.24) is 20.2 Å². The summed E-state index contributed by atoms with van der Waals surface area (Å²) in [5.41, 5.74) is 3.57. The molecule has 0 spiro atoms. The number of amides is 2. The number of likely N-dealkylation sites (tertiary alicyclic amines) is 1. The van der Waals surface area contributed by atoms with Crippen LogP contribution in [-0.4, -0.2) is 77.3 Å². The van der Waals surface area contributed by atoms with E-state index < -0.39 is 11.9 Å². The van der Waals surface area contributed by atoms with Crippen LogP contribution in [0.15, 0.2) is 28.1 Å². The second-order valence-corrected chi connectivity index (χ2v) is 9.58. The van der Waals surface area contributed by atoms with Crippen LogP contribution in [0.2, 0.25) is 0 Å². The van der Waals surface area contributed by atoms with E-state index in [1.54, 1.807) is 11.0 Å². The van der Waals surface area contributed by atoms with Gasteiger partial charge in [-0.15, -0.1) is 0 Å². The highest BCUT2D eigenvalue weighted by molar-refractivity contribution is 8.18. The lowest BCUT2D eigenvalue weighted by Gasteiger charge is -2.37. The fourth-order valence-corrected chi connectivity index (χ4v) is 5.45. The van der Waals surface area contributed by atoms with E-state index >= 15 is 0 Å². The fourth-order valence-electron chi connectivity index (χ4n) is 4.54. The number of piperidine rings is 1. The number of carbonyl (C=O) groups is 2. The van der Waals surface area contributed by atoms with E-state index in [0.29, 0.717) is 34.8 Å². The van der Waals surface area contributed by atoms with Crippen molar-refractivity contribution in [3.63, 3.8) is 0 Å². The van der Waals surface area contributed by atoms with Gasteiger partial charge in [-0.2, -0.15) is 4.99 Å². The normalized spacial score (nSPS) is 20.9. The van der Waals surface area contributed by atoms with Gasteiger partial charge >= 0.3 is 6.09 Å². The molecule has 2 amide bonds. The van der Waals surface area contributed by atoms with Gasteiger partial charge in [0, 0.05) is 37.8 Å². The van der Waals surface area contributed by atoms with Crippen molar-refractivity contribution in [2.75, 3.05) is 39.3 Å². The lowest BCUT2D eigenvalue weighted by atomic mass is 10.0. The number of rotatable bonds is 5. The van der Waals surface area contributed by atoms with Crippen molar-refractivity contribution in [2.24, 2.45) is 4.99 Å². The summed E-state index contributed by atoms with van der Waals surface area (Å²) in [5, 5.41) is 2.46. The molecule has 34 heavy (non-hydrogen) atoms. The minimum Gasteiger partial charge on any atom is -0.410 e. The number of benzene rings is 1. The van der Waals surface area contributed by atoms with Gasteiger partial charge in [-0.3, -0.25) is 9.80 Å². The third-order valence-electron chi connectivity index (χ3n) is 6.46. The summed E-state index contributed by atoms with van der Waals surface area (Å²) in [6.45, 7) is 9.14. The third-order valence-corrected chi connectivity index (χ3v) is 7.47. The molecule has 0 saturated carbocycles.